The molecular weight excluding hydrogens is 486 g/mol. The van der Waals surface area contributed by atoms with Crippen molar-refractivity contribution in [1.29, 1.82) is 0 Å². The number of benzene rings is 3. The Kier molecular flexibility index (Phi) is 7.23. The highest BCUT2D eigenvalue weighted by Crippen LogP contribution is 2.30. The third kappa shape index (κ3) is 5.23. The number of carbonyl (C=O) groups excluding carboxylic acids is 1. The fourth-order valence-corrected chi connectivity index (χ4v) is 5.78. The van der Waals surface area contributed by atoms with E-state index in [-0.39, 0.29) is 21.4 Å². The topological polar surface area (TPSA) is 79.0 Å². The first-order chi connectivity index (χ1) is 16.7. The third-order valence-corrected chi connectivity index (χ3v) is 8.16. The van der Waals surface area contributed by atoms with Crippen LogP contribution in [0.4, 0.5) is 11.4 Å². The number of aryl methyl sites for hydroxylation is 1. The lowest BCUT2D eigenvalue weighted by Gasteiger charge is -2.36. The number of para-hydroxylation sites is 2. The Labute approximate surface area is 211 Å². The van der Waals surface area contributed by atoms with Gasteiger partial charge in [0.15, 0.2) is 0 Å². The molecule has 1 saturated heterocycles. The number of sulfonamides is 1. The maximum atomic E-state index is 13.2. The molecule has 0 unspecified atom stereocenters. The summed E-state index contributed by atoms with van der Waals surface area (Å²) in [5, 5.41) is 0.0559. The summed E-state index contributed by atoms with van der Waals surface area (Å²) in [5.74, 6) is 0.556. The molecule has 1 heterocycles. The van der Waals surface area contributed by atoms with Crippen LogP contribution in [0.5, 0.6) is 5.75 Å². The number of methoxy groups -OCH3 is 1. The molecule has 0 saturated carbocycles. The molecule has 7 nitrogen and oxygen atoms in total. The van der Waals surface area contributed by atoms with Crippen molar-refractivity contribution in [2.45, 2.75) is 18.7 Å². The summed E-state index contributed by atoms with van der Waals surface area (Å²) in [5.41, 5.74) is 3.53. The van der Waals surface area contributed by atoms with E-state index in [2.05, 4.69) is 9.62 Å². The Morgan fingerprint density at radius 2 is 1.69 bits per heavy atom. The highest BCUT2D eigenvalue weighted by molar-refractivity contribution is 7.92. The van der Waals surface area contributed by atoms with Gasteiger partial charge in [0.1, 0.15) is 10.6 Å². The van der Waals surface area contributed by atoms with Crippen molar-refractivity contribution in [1.82, 2.24) is 4.90 Å². The number of piperazine rings is 1. The lowest BCUT2D eigenvalue weighted by molar-refractivity contribution is 0.0746. The lowest BCUT2D eigenvalue weighted by Crippen LogP contribution is -2.48. The largest absolute Gasteiger partial charge is 0.495 e. The van der Waals surface area contributed by atoms with Gasteiger partial charge in [-0.1, -0.05) is 35.9 Å². The fraction of sp³-hybridized carbons (Fsp3) is 0.269. The van der Waals surface area contributed by atoms with Gasteiger partial charge in [0.25, 0.3) is 15.9 Å². The normalized spacial score (nSPS) is 14.1. The molecule has 0 spiro atoms. The number of hydrogen-bond donors (Lipinski definition) is 1. The predicted molar refractivity (Wildman–Crippen MR) is 139 cm³/mol. The van der Waals surface area contributed by atoms with E-state index in [1.54, 1.807) is 30.2 Å². The van der Waals surface area contributed by atoms with Gasteiger partial charge >= 0.3 is 0 Å². The molecule has 184 valence electrons. The summed E-state index contributed by atoms with van der Waals surface area (Å²) in [4.78, 5) is 17.0. The van der Waals surface area contributed by atoms with Gasteiger partial charge in [-0.2, -0.15) is 0 Å². The highest BCUT2D eigenvalue weighted by Gasteiger charge is 2.26. The molecule has 0 bridgehead atoms. The average molecular weight is 514 g/mol. The number of nitrogens with zero attached hydrogens (tertiary/aromatic N) is 2. The minimum atomic E-state index is -4.00. The van der Waals surface area contributed by atoms with E-state index in [9.17, 15) is 13.2 Å². The number of rotatable bonds is 6. The summed E-state index contributed by atoms with van der Waals surface area (Å²) in [6, 6.07) is 17.5. The SMILES string of the molecule is COc1ccccc1N1CCN(C(=O)c2ccc(Cl)c(S(=O)(=O)Nc3cccc(C)c3C)c2)CC1. The maximum Gasteiger partial charge on any atom is 0.263 e. The van der Waals surface area contributed by atoms with Crippen LogP contribution >= 0.6 is 11.6 Å². The van der Waals surface area contributed by atoms with Crippen LogP contribution in [0.1, 0.15) is 21.5 Å². The van der Waals surface area contributed by atoms with Crippen molar-refractivity contribution < 1.29 is 17.9 Å². The smallest absolute Gasteiger partial charge is 0.263 e. The van der Waals surface area contributed by atoms with E-state index >= 15 is 0 Å². The molecule has 1 N–H and O–H groups in total. The van der Waals surface area contributed by atoms with Gasteiger partial charge in [0.2, 0.25) is 0 Å². The minimum Gasteiger partial charge on any atom is -0.495 e. The Bertz CT molecular complexity index is 1350. The van der Waals surface area contributed by atoms with Crippen LogP contribution < -0.4 is 14.4 Å². The van der Waals surface area contributed by atoms with Crippen LogP contribution in [0.15, 0.2) is 65.6 Å². The van der Waals surface area contributed by atoms with Crippen LogP contribution in [0, 0.1) is 13.8 Å². The van der Waals surface area contributed by atoms with E-state index in [0.717, 1.165) is 22.6 Å². The molecule has 1 aliphatic heterocycles. The van der Waals surface area contributed by atoms with Gasteiger partial charge in [-0.3, -0.25) is 9.52 Å². The van der Waals surface area contributed by atoms with Gasteiger partial charge in [-0.05, 0) is 61.4 Å². The van der Waals surface area contributed by atoms with Crippen LogP contribution in [-0.4, -0.2) is 52.5 Å². The molecule has 1 fully saturated rings. The molecule has 3 aromatic rings. The van der Waals surface area contributed by atoms with Crippen LogP contribution in [0.25, 0.3) is 0 Å². The fourth-order valence-electron chi connectivity index (χ4n) is 4.13. The minimum absolute atomic E-state index is 0.0559. The summed E-state index contributed by atoms with van der Waals surface area (Å²) < 4.78 is 34.4. The molecule has 9 heteroatoms. The van der Waals surface area contributed by atoms with Crippen molar-refractivity contribution in [2.75, 3.05) is 42.9 Å². The number of halogens is 1. The Hall–Kier alpha value is -3.23. The number of nitrogens with one attached hydrogen (secondary N) is 1. The zero-order chi connectivity index (χ0) is 25.2. The predicted octanol–water partition coefficient (Wildman–Crippen LogP) is 4.73. The van der Waals surface area contributed by atoms with Gasteiger partial charge in [0, 0.05) is 31.7 Å². The van der Waals surface area contributed by atoms with E-state index in [1.807, 2.05) is 44.2 Å². The second-order valence-corrected chi connectivity index (χ2v) is 10.5. The first kappa shape index (κ1) is 24.9. The second-order valence-electron chi connectivity index (χ2n) is 8.45. The first-order valence-corrected chi connectivity index (χ1v) is 13.1. The van der Waals surface area contributed by atoms with Gasteiger partial charge < -0.3 is 14.5 Å². The zero-order valence-electron chi connectivity index (χ0n) is 19.9. The number of hydrogen-bond acceptors (Lipinski definition) is 5. The lowest BCUT2D eigenvalue weighted by atomic mass is 10.1. The van der Waals surface area contributed by atoms with Gasteiger partial charge in [-0.15, -0.1) is 0 Å². The van der Waals surface area contributed by atoms with Crippen molar-refractivity contribution in [2.24, 2.45) is 0 Å². The average Bonchev–Trinajstić information content (AvgIpc) is 2.86. The standard InChI is InChI=1S/C26H28ClN3O4S/c1-18-7-6-8-22(19(18)2)28-35(32,33)25-17-20(11-12-21(25)27)26(31)30-15-13-29(14-16-30)23-9-4-5-10-24(23)34-3/h4-12,17,28H,13-16H2,1-3H3. The van der Waals surface area contributed by atoms with Crippen LogP contribution in [0.2, 0.25) is 5.02 Å². The molecule has 0 radical (unpaired) electrons. The van der Waals surface area contributed by atoms with Crippen molar-refractivity contribution in [3.63, 3.8) is 0 Å². The molecular formula is C26H28ClN3O4S. The number of anilines is 2. The quantitative estimate of drug-likeness (QED) is 0.515. The van der Waals surface area contributed by atoms with Gasteiger partial charge in [0.05, 0.1) is 23.5 Å². The summed E-state index contributed by atoms with van der Waals surface area (Å²) in [7, 11) is -2.36. The number of amides is 1. The van der Waals surface area contributed by atoms with Crippen molar-refractivity contribution >= 4 is 38.9 Å². The van der Waals surface area contributed by atoms with Gasteiger partial charge in [-0.25, -0.2) is 8.42 Å². The molecule has 35 heavy (non-hydrogen) atoms. The Morgan fingerprint density at radius 3 is 2.40 bits per heavy atom. The van der Waals surface area contributed by atoms with E-state index < -0.39 is 10.0 Å². The molecule has 0 aromatic heterocycles. The molecule has 4 rings (SSSR count). The van der Waals surface area contributed by atoms with Crippen molar-refractivity contribution in [3.8, 4) is 5.75 Å². The molecule has 0 aliphatic carbocycles. The summed E-state index contributed by atoms with van der Waals surface area (Å²) in [6.07, 6.45) is 0. The second kappa shape index (κ2) is 10.2. The number of carbonyl (C=O) groups is 1. The van der Waals surface area contributed by atoms with Crippen molar-refractivity contribution in [3.05, 3.63) is 82.4 Å². The molecule has 0 atom stereocenters. The molecule has 3 aromatic carbocycles. The summed E-state index contributed by atoms with van der Waals surface area (Å²) >= 11 is 6.26. The molecule has 1 amide bonds. The Balaban J connectivity index is 1.51. The first-order valence-electron chi connectivity index (χ1n) is 11.3. The van der Waals surface area contributed by atoms with Crippen LogP contribution in [-0.2, 0) is 10.0 Å². The Morgan fingerprint density at radius 1 is 0.971 bits per heavy atom. The molecule has 1 aliphatic rings. The van der Waals surface area contributed by atoms with E-state index in [0.29, 0.717) is 31.9 Å². The zero-order valence-corrected chi connectivity index (χ0v) is 21.5. The maximum absolute atomic E-state index is 13.2. The summed E-state index contributed by atoms with van der Waals surface area (Å²) in [6.45, 7) is 6.04. The third-order valence-electron chi connectivity index (χ3n) is 6.31. The number of ether oxygens (including phenoxy) is 1. The van der Waals surface area contributed by atoms with E-state index in [1.165, 1.54) is 12.1 Å². The highest BCUT2D eigenvalue weighted by atomic mass is 35.5. The van der Waals surface area contributed by atoms with Crippen LogP contribution in [0.3, 0.4) is 0 Å². The van der Waals surface area contributed by atoms with E-state index in [4.69, 9.17) is 16.3 Å². The monoisotopic (exact) mass is 513 g/mol.